The maximum atomic E-state index is 8.98. The van der Waals surface area contributed by atoms with Crippen molar-refractivity contribution in [2.24, 2.45) is 0 Å². The fourth-order valence-corrected chi connectivity index (χ4v) is 1.30. The van der Waals surface area contributed by atoms with E-state index in [2.05, 4.69) is 0 Å². The van der Waals surface area contributed by atoms with Gasteiger partial charge in [0.05, 0.1) is 6.61 Å². The summed E-state index contributed by atoms with van der Waals surface area (Å²) in [5.41, 5.74) is 1.11. The molecule has 0 aliphatic carbocycles. The molecule has 0 aliphatic rings. The van der Waals surface area contributed by atoms with Crippen molar-refractivity contribution >= 4 is 24.2 Å². The van der Waals surface area contributed by atoms with Gasteiger partial charge in [0, 0.05) is 12.1 Å². The van der Waals surface area contributed by atoms with Crippen molar-refractivity contribution in [1.29, 1.82) is 0 Å². The highest BCUT2D eigenvalue weighted by Gasteiger charge is 2.15. The summed E-state index contributed by atoms with van der Waals surface area (Å²) in [5.74, 6) is 0. The average molecular weight is 200 g/mol. The van der Waals surface area contributed by atoms with Crippen LogP contribution in [0.15, 0.2) is 18.2 Å². The molecule has 5 heteroatoms. The Kier molecular flexibility index (Phi) is 3.75. The van der Waals surface area contributed by atoms with Gasteiger partial charge in [-0.05, 0) is 23.2 Å². The Balaban J connectivity index is 3.03. The Morgan fingerprint density at radius 1 is 1.46 bits per heavy atom. The Labute approximate surface area is 82.1 Å². The molecule has 0 atom stereocenters. The van der Waals surface area contributed by atoms with E-state index in [0.29, 0.717) is 22.7 Å². The van der Waals surface area contributed by atoms with Crippen LogP contribution in [-0.2, 0) is 11.3 Å². The zero-order valence-corrected chi connectivity index (χ0v) is 7.95. The summed E-state index contributed by atoms with van der Waals surface area (Å²) in [6.45, 7) is 0.313. The molecule has 0 amide bonds. The zero-order valence-electron chi connectivity index (χ0n) is 7.20. The first kappa shape index (κ1) is 10.5. The standard InChI is InChI=1S/C8H10BClO3/c1-13-5-6-4-7(10)2-3-8(6)9(11)12/h2-4,11-12H,5H2,1H3. The van der Waals surface area contributed by atoms with Crippen LogP contribution in [0, 0.1) is 0 Å². The third-order valence-corrected chi connectivity index (χ3v) is 1.92. The van der Waals surface area contributed by atoms with Crippen molar-refractivity contribution in [3.63, 3.8) is 0 Å². The predicted octanol–water partition coefficient (Wildman–Crippen LogP) is 0.166. The van der Waals surface area contributed by atoms with Crippen LogP contribution >= 0.6 is 11.6 Å². The lowest BCUT2D eigenvalue weighted by Gasteiger charge is -2.07. The van der Waals surface area contributed by atoms with Crippen molar-refractivity contribution in [1.82, 2.24) is 0 Å². The van der Waals surface area contributed by atoms with Gasteiger partial charge in [0.1, 0.15) is 0 Å². The molecule has 0 spiro atoms. The number of rotatable bonds is 3. The summed E-state index contributed by atoms with van der Waals surface area (Å²) < 4.78 is 4.89. The lowest BCUT2D eigenvalue weighted by molar-refractivity contribution is 0.185. The van der Waals surface area contributed by atoms with Crippen molar-refractivity contribution in [2.75, 3.05) is 7.11 Å². The molecular weight excluding hydrogens is 190 g/mol. The van der Waals surface area contributed by atoms with E-state index in [1.807, 2.05) is 0 Å². The van der Waals surface area contributed by atoms with Crippen molar-refractivity contribution in [2.45, 2.75) is 6.61 Å². The van der Waals surface area contributed by atoms with Crippen LogP contribution in [0.4, 0.5) is 0 Å². The largest absolute Gasteiger partial charge is 0.488 e. The number of halogens is 1. The number of hydrogen-bond acceptors (Lipinski definition) is 3. The molecule has 0 radical (unpaired) electrons. The van der Waals surface area contributed by atoms with Crippen molar-refractivity contribution in [3.05, 3.63) is 28.8 Å². The van der Waals surface area contributed by atoms with E-state index in [1.165, 1.54) is 7.11 Å². The molecule has 1 rings (SSSR count). The molecule has 1 aromatic carbocycles. The summed E-state index contributed by atoms with van der Waals surface area (Å²) in [6.07, 6.45) is 0. The molecule has 2 N–H and O–H groups in total. The first-order valence-electron chi connectivity index (χ1n) is 3.78. The molecule has 0 bridgehead atoms. The van der Waals surface area contributed by atoms with Gasteiger partial charge in [-0.15, -0.1) is 0 Å². The van der Waals surface area contributed by atoms with Gasteiger partial charge < -0.3 is 14.8 Å². The van der Waals surface area contributed by atoms with E-state index in [-0.39, 0.29) is 0 Å². The van der Waals surface area contributed by atoms with Gasteiger partial charge >= 0.3 is 7.12 Å². The number of benzene rings is 1. The summed E-state index contributed by atoms with van der Waals surface area (Å²) in [5, 5.41) is 18.5. The van der Waals surface area contributed by atoms with Gasteiger partial charge in [-0.3, -0.25) is 0 Å². The molecule has 13 heavy (non-hydrogen) atoms. The number of hydrogen-bond donors (Lipinski definition) is 2. The van der Waals surface area contributed by atoms with Crippen molar-refractivity contribution in [3.8, 4) is 0 Å². The molecule has 70 valence electrons. The number of methoxy groups -OCH3 is 1. The lowest BCUT2D eigenvalue weighted by atomic mass is 9.77. The lowest BCUT2D eigenvalue weighted by Crippen LogP contribution is -2.33. The summed E-state index contributed by atoms with van der Waals surface area (Å²) in [6, 6.07) is 4.83. The maximum absolute atomic E-state index is 8.98. The highest BCUT2D eigenvalue weighted by atomic mass is 35.5. The molecule has 0 saturated heterocycles. The van der Waals surface area contributed by atoms with E-state index in [9.17, 15) is 0 Å². The summed E-state index contributed by atoms with van der Waals surface area (Å²) in [4.78, 5) is 0. The topological polar surface area (TPSA) is 49.7 Å². The van der Waals surface area contributed by atoms with Crippen LogP contribution in [0.3, 0.4) is 0 Å². The first-order chi connectivity index (χ1) is 6.15. The molecule has 0 unspecified atom stereocenters. The van der Waals surface area contributed by atoms with Crippen LogP contribution < -0.4 is 5.46 Å². The van der Waals surface area contributed by atoms with Gasteiger partial charge in [0.15, 0.2) is 0 Å². The minimum Gasteiger partial charge on any atom is -0.423 e. The van der Waals surface area contributed by atoms with E-state index in [4.69, 9.17) is 26.4 Å². The minimum atomic E-state index is -1.48. The molecule has 3 nitrogen and oxygen atoms in total. The monoisotopic (exact) mass is 200 g/mol. The maximum Gasteiger partial charge on any atom is 0.488 e. The predicted molar refractivity (Wildman–Crippen MR) is 52.0 cm³/mol. The van der Waals surface area contributed by atoms with Crippen LogP contribution in [0.1, 0.15) is 5.56 Å². The molecular formula is C8H10BClO3. The number of ether oxygens (including phenoxy) is 1. The summed E-state index contributed by atoms with van der Waals surface area (Å²) in [7, 11) is 0.0523. The van der Waals surface area contributed by atoms with Crippen LogP contribution in [0.5, 0.6) is 0 Å². The second-order valence-electron chi connectivity index (χ2n) is 2.65. The third kappa shape index (κ3) is 2.71. The molecule has 0 heterocycles. The summed E-state index contributed by atoms with van der Waals surface area (Å²) >= 11 is 5.74. The molecule has 1 aromatic rings. The fourth-order valence-electron chi connectivity index (χ4n) is 1.11. The van der Waals surface area contributed by atoms with Gasteiger partial charge in [0.2, 0.25) is 0 Å². The molecule has 0 saturated carbocycles. The fraction of sp³-hybridized carbons (Fsp3) is 0.250. The zero-order chi connectivity index (χ0) is 9.84. The van der Waals surface area contributed by atoms with Crippen LogP contribution in [-0.4, -0.2) is 24.3 Å². The Hall–Kier alpha value is -0.545. The second-order valence-corrected chi connectivity index (χ2v) is 3.09. The van der Waals surface area contributed by atoms with E-state index in [1.54, 1.807) is 18.2 Å². The van der Waals surface area contributed by atoms with Crippen LogP contribution in [0.2, 0.25) is 5.02 Å². The molecule has 0 aromatic heterocycles. The Morgan fingerprint density at radius 3 is 2.69 bits per heavy atom. The van der Waals surface area contributed by atoms with Gasteiger partial charge in [0.25, 0.3) is 0 Å². The normalized spacial score (nSPS) is 10.2. The Morgan fingerprint density at radius 2 is 2.15 bits per heavy atom. The van der Waals surface area contributed by atoms with E-state index < -0.39 is 7.12 Å². The second kappa shape index (κ2) is 4.62. The quantitative estimate of drug-likeness (QED) is 0.684. The third-order valence-electron chi connectivity index (χ3n) is 1.68. The van der Waals surface area contributed by atoms with E-state index in [0.717, 1.165) is 0 Å². The first-order valence-corrected chi connectivity index (χ1v) is 4.16. The highest BCUT2D eigenvalue weighted by Crippen LogP contribution is 2.10. The van der Waals surface area contributed by atoms with Gasteiger partial charge in [-0.25, -0.2) is 0 Å². The molecule has 0 fully saturated rings. The van der Waals surface area contributed by atoms with Gasteiger partial charge in [-0.2, -0.15) is 0 Å². The highest BCUT2D eigenvalue weighted by molar-refractivity contribution is 6.59. The average Bonchev–Trinajstić information content (AvgIpc) is 2.04. The van der Waals surface area contributed by atoms with Gasteiger partial charge in [-0.1, -0.05) is 17.7 Å². The smallest absolute Gasteiger partial charge is 0.423 e. The van der Waals surface area contributed by atoms with Crippen molar-refractivity contribution < 1.29 is 14.8 Å². The minimum absolute atomic E-state index is 0.313. The Bertz CT molecular complexity index is 291. The van der Waals surface area contributed by atoms with Crippen LogP contribution in [0.25, 0.3) is 0 Å². The SMILES string of the molecule is COCc1cc(Cl)ccc1B(O)O. The van der Waals surface area contributed by atoms with E-state index >= 15 is 0 Å². The molecule has 0 aliphatic heterocycles.